The second kappa shape index (κ2) is 11.1. The van der Waals surface area contributed by atoms with Crippen LogP contribution in [-0.4, -0.2) is 39.5 Å². The molecule has 40 heavy (non-hydrogen) atoms. The van der Waals surface area contributed by atoms with Gasteiger partial charge in [-0.2, -0.15) is 9.78 Å². The summed E-state index contributed by atoms with van der Waals surface area (Å²) >= 11 is 3.27. The van der Waals surface area contributed by atoms with E-state index in [1.807, 2.05) is 18.2 Å². The Morgan fingerprint density at radius 2 is 1.93 bits per heavy atom. The molecule has 5 aromatic rings. The van der Waals surface area contributed by atoms with E-state index in [1.165, 1.54) is 18.3 Å². The fourth-order valence-electron chi connectivity index (χ4n) is 3.99. The number of nitrogens with zero attached hydrogens (tertiary/aromatic N) is 4. The Hall–Kier alpha value is -4.84. The highest BCUT2D eigenvalue weighted by Crippen LogP contribution is 2.36. The Kier molecular flexibility index (Phi) is 7.43. The number of esters is 1. The number of aromatic nitrogens is 2. The molecule has 11 nitrogen and oxygen atoms in total. The molecule has 12 heteroatoms. The Morgan fingerprint density at radius 1 is 1.18 bits per heavy atom. The van der Waals surface area contributed by atoms with Crippen molar-refractivity contribution in [1.29, 1.82) is 0 Å². The van der Waals surface area contributed by atoms with Crippen LogP contribution in [0.5, 0.6) is 5.75 Å². The lowest BCUT2D eigenvalue weighted by Gasteiger charge is -2.11. The summed E-state index contributed by atoms with van der Waals surface area (Å²) < 4.78 is 17.7. The van der Waals surface area contributed by atoms with E-state index in [0.29, 0.717) is 22.2 Å². The first-order chi connectivity index (χ1) is 19.2. The van der Waals surface area contributed by atoms with Gasteiger partial charge in [-0.3, -0.25) is 14.9 Å². The predicted molar refractivity (Wildman–Crippen MR) is 152 cm³/mol. The first kappa shape index (κ1) is 26.8. The number of rotatable bonds is 8. The fraction of sp³-hybridized carbons (Fsp3) is 0.143. The maximum Gasteiger partial charge on any atom is 0.344 e. The van der Waals surface area contributed by atoms with Crippen molar-refractivity contribution in [3.8, 4) is 17.3 Å². The number of benzene rings is 3. The third-order valence-corrected chi connectivity index (χ3v) is 6.26. The van der Waals surface area contributed by atoms with Gasteiger partial charge in [-0.15, -0.1) is 0 Å². The molecule has 0 radical (unpaired) electrons. The number of hydrogen-bond donors (Lipinski definition) is 0. The van der Waals surface area contributed by atoms with Gasteiger partial charge in [0.05, 0.1) is 32.6 Å². The van der Waals surface area contributed by atoms with E-state index in [0.717, 1.165) is 10.1 Å². The van der Waals surface area contributed by atoms with Gasteiger partial charge < -0.3 is 13.9 Å². The summed E-state index contributed by atoms with van der Waals surface area (Å²) in [6.45, 7) is 2.85. The molecule has 0 N–H and O–H groups in total. The molecule has 5 rings (SSSR count). The van der Waals surface area contributed by atoms with E-state index in [2.05, 4.69) is 26.0 Å². The molecular formula is C28H21BrN4O7. The zero-order chi connectivity index (χ0) is 28.4. The molecule has 0 fully saturated rings. The molecule has 0 spiro atoms. The van der Waals surface area contributed by atoms with Crippen molar-refractivity contribution in [2.75, 3.05) is 6.61 Å². The van der Waals surface area contributed by atoms with Crippen molar-refractivity contribution in [2.45, 2.75) is 20.0 Å². The number of carbonyl (C=O) groups excluding carboxylic acids is 1. The van der Waals surface area contributed by atoms with Crippen molar-refractivity contribution in [3.63, 3.8) is 0 Å². The van der Waals surface area contributed by atoms with Gasteiger partial charge in [0.2, 0.25) is 11.6 Å². The quantitative estimate of drug-likeness (QED) is 0.0951. The molecule has 2 aromatic heterocycles. The van der Waals surface area contributed by atoms with Crippen LogP contribution >= 0.6 is 15.9 Å². The normalized spacial score (nSPS) is 11.5. The third-order valence-electron chi connectivity index (χ3n) is 5.67. The summed E-state index contributed by atoms with van der Waals surface area (Å²) in [5.74, 6) is -0.322. The van der Waals surface area contributed by atoms with Gasteiger partial charge in [-0.1, -0.05) is 30.3 Å². The van der Waals surface area contributed by atoms with E-state index in [-0.39, 0.29) is 27.7 Å². The van der Waals surface area contributed by atoms with Gasteiger partial charge in [0.15, 0.2) is 12.4 Å². The molecule has 2 heterocycles. The largest absolute Gasteiger partial charge is 0.474 e. The van der Waals surface area contributed by atoms with Gasteiger partial charge in [0.25, 0.3) is 5.56 Å². The van der Waals surface area contributed by atoms with Crippen molar-refractivity contribution < 1.29 is 23.6 Å². The van der Waals surface area contributed by atoms with Crippen LogP contribution in [0.2, 0.25) is 0 Å². The second-order valence-corrected chi connectivity index (χ2v) is 9.75. The summed E-state index contributed by atoms with van der Waals surface area (Å²) in [5.41, 5.74) is 0.503. The van der Waals surface area contributed by atoms with Gasteiger partial charge in [0.1, 0.15) is 5.58 Å². The molecule has 0 aliphatic heterocycles. The van der Waals surface area contributed by atoms with Crippen LogP contribution in [0.15, 0.2) is 85.5 Å². The molecule has 0 saturated heterocycles. The first-order valence-corrected chi connectivity index (χ1v) is 12.9. The molecule has 0 saturated carbocycles. The van der Waals surface area contributed by atoms with Crippen LogP contribution in [0.1, 0.15) is 19.4 Å². The summed E-state index contributed by atoms with van der Waals surface area (Å²) in [6, 6.07) is 18.7. The van der Waals surface area contributed by atoms with Gasteiger partial charge in [0, 0.05) is 17.0 Å². The zero-order valence-corrected chi connectivity index (χ0v) is 22.8. The minimum Gasteiger partial charge on any atom is -0.474 e. The van der Waals surface area contributed by atoms with Crippen LogP contribution in [-0.2, 0) is 9.53 Å². The number of nitro benzene ring substituents is 1. The average molecular weight is 605 g/mol. The molecule has 0 bridgehead atoms. The van der Waals surface area contributed by atoms with Crippen LogP contribution in [0.3, 0.4) is 0 Å². The molecule has 0 aliphatic carbocycles. The Morgan fingerprint density at radius 3 is 2.67 bits per heavy atom. The Bertz CT molecular complexity index is 1830. The molecule has 0 aliphatic rings. The number of para-hydroxylation sites is 2. The van der Waals surface area contributed by atoms with E-state index < -0.39 is 28.7 Å². The molecule has 202 valence electrons. The highest BCUT2D eigenvalue weighted by atomic mass is 79.9. The maximum absolute atomic E-state index is 13.5. The van der Waals surface area contributed by atoms with Crippen LogP contribution < -0.4 is 10.3 Å². The van der Waals surface area contributed by atoms with Gasteiger partial charge in [-0.25, -0.2) is 9.78 Å². The number of furan rings is 1. The lowest BCUT2D eigenvalue weighted by molar-refractivity contribution is -0.385. The monoisotopic (exact) mass is 604 g/mol. The fourth-order valence-corrected chi connectivity index (χ4v) is 4.57. The van der Waals surface area contributed by atoms with Gasteiger partial charge >= 0.3 is 11.7 Å². The summed E-state index contributed by atoms with van der Waals surface area (Å²) in [6.07, 6.45) is 0.934. The highest BCUT2D eigenvalue weighted by molar-refractivity contribution is 9.10. The van der Waals surface area contributed by atoms with Gasteiger partial charge in [-0.05, 0) is 60.1 Å². The Balaban J connectivity index is 1.57. The third kappa shape index (κ3) is 5.47. The Labute approximate surface area is 234 Å². The minimum atomic E-state index is -0.664. The molecule has 0 atom stereocenters. The van der Waals surface area contributed by atoms with Crippen molar-refractivity contribution >= 4 is 55.7 Å². The second-order valence-electron chi connectivity index (χ2n) is 8.90. The van der Waals surface area contributed by atoms with Crippen LogP contribution in [0.25, 0.3) is 33.5 Å². The SMILES string of the molecule is CC(C)OC(=O)COc1c(Br)cc(C=Nn2c(-c3cc4ccccc4o3)nc3ccccc3c2=O)cc1[N+](=O)[O-]. The smallest absolute Gasteiger partial charge is 0.344 e. The average Bonchev–Trinajstić information content (AvgIpc) is 3.35. The standard InChI is InChI=1S/C28H21BrN4O7/c1-16(2)39-25(34)15-38-26-20(29)11-17(12-22(26)33(36)37)14-30-32-27(24-13-18-7-3-6-10-23(18)40-24)31-21-9-5-4-8-19(21)28(32)35/h3-14,16H,15H2,1-2H3. The van der Waals surface area contributed by atoms with E-state index in [4.69, 9.17) is 13.9 Å². The van der Waals surface area contributed by atoms with E-state index >= 15 is 0 Å². The number of carbonyl (C=O) groups is 1. The number of halogens is 1. The van der Waals surface area contributed by atoms with Crippen molar-refractivity contribution in [2.24, 2.45) is 5.10 Å². The molecular weight excluding hydrogens is 584 g/mol. The maximum atomic E-state index is 13.5. The lowest BCUT2D eigenvalue weighted by Crippen LogP contribution is -2.20. The number of ether oxygens (including phenoxy) is 2. The minimum absolute atomic E-state index is 0.143. The number of nitro groups is 1. The molecule has 3 aromatic carbocycles. The zero-order valence-electron chi connectivity index (χ0n) is 21.2. The van der Waals surface area contributed by atoms with Crippen molar-refractivity contribution in [3.05, 3.63) is 97.2 Å². The van der Waals surface area contributed by atoms with E-state index in [1.54, 1.807) is 50.2 Å². The first-order valence-electron chi connectivity index (χ1n) is 12.1. The highest BCUT2D eigenvalue weighted by Gasteiger charge is 2.22. The van der Waals surface area contributed by atoms with Crippen LogP contribution in [0, 0.1) is 10.1 Å². The summed E-state index contributed by atoms with van der Waals surface area (Å²) in [5, 5.41) is 17.3. The topological polar surface area (TPSA) is 139 Å². The van der Waals surface area contributed by atoms with Crippen molar-refractivity contribution in [1.82, 2.24) is 9.66 Å². The summed E-state index contributed by atoms with van der Waals surface area (Å²) in [4.78, 5) is 41.1. The molecule has 0 unspecified atom stereocenters. The number of hydrogen-bond acceptors (Lipinski definition) is 9. The van der Waals surface area contributed by atoms with Crippen LogP contribution in [0.4, 0.5) is 5.69 Å². The number of fused-ring (bicyclic) bond motifs is 2. The molecule has 0 amide bonds. The summed E-state index contributed by atoms with van der Waals surface area (Å²) in [7, 11) is 0. The van der Waals surface area contributed by atoms with E-state index in [9.17, 15) is 19.7 Å². The lowest BCUT2D eigenvalue weighted by atomic mass is 10.2. The predicted octanol–water partition coefficient (Wildman–Crippen LogP) is 5.69.